The van der Waals surface area contributed by atoms with Gasteiger partial charge in [-0.3, -0.25) is 19.3 Å². The van der Waals surface area contributed by atoms with Crippen LogP contribution in [0.5, 0.6) is 5.75 Å². The molecule has 0 aliphatic carbocycles. The van der Waals surface area contributed by atoms with Gasteiger partial charge in [-0.2, -0.15) is 13.2 Å². The molecule has 3 aromatic rings. The predicted octanol–water partition coefficient (Wildman–Crippen LogP) is 5.03. The van der Waals surface area contributed by atoms with Crippen LogP contribution in [0.25, 0.3) is 0 Å². The van der Waals surface area contributed by atoms with Crippen LogP contribution in [-0.2, 0) is 20.8 Å². The van der Waals surface area contributed by atoms with Crippen LogP contribution in [0, 0.1) is 0 Å². The summed E-state index contributed by atoms with van der Waals surface area (Å²) in [5.74, 6) is -3.94. The number of aliphatic carboxylic acids is 2. The Morgan fingerprint density at radius 1 is 0.911 bits per heavy atom. The number of hydrogen-bond acceptors (Lipinski definition) is 6. The minimum atomic E-state index is -5.08. The number of halogens is 3. The van der Waals surface area contributed by atoms with Gasteiger partial charge in [0.2, 0.25) is 12.1 Å². The van der Waals surface area contributed by atoms with Crippen molar-refractivity contribution in [1.82, 2.24) is 4.90 Å². The SMILES string of the molecule is NCCCCCc1ccc2c(c1)C(=O)N(CCC(=O)O)CC(=O)N2C(Oc1ccccc1)c1ccccc1.O=C(O)C(F)(F)F. The third kappa shape index (κ3) is 10.1. The third-order valence-corrected chi connectivity index (χ3v) is 6.75. The number of rotatable bonds is 12. The maximum absolute atomic E-state index is 13.8. The second kappa shape index (κ2) is 16.2. The molecule has 4 N–H and O–H groups in total. The van der Waals surface area contributed by atoms with Gasteiger partial charge in [0.05, 0.1) is 17.7 Å². The van der Waals surface area contributed by atoms with Crippen molar-refractivity contribution in [3.05, 3.63) is 95.6 Å². The zero-order valence-electron chi connectivity index (χ0n) is 24.3. The van der Waals surface area contributed by atoms with Crippen molar-refractivity contribution in [3.63, 3.8) is 0 Å². The predicted molar refractivity (Wildman–Crippen MR) is 159 cm³/mol. The largest absolute Gasteiger partial charge is 0.490 e. The summed E-state index contributed by atoms with van der Waals surface area (Å²) >= 11 is 0. The lowest BCUT2D eigenvalue weighted by Crippen LogP contribution is -2.43. The molecule has 0 radical (unpaired) electrons. The number of para-hydroxylation sites is 1. The van der Waals surface area contributed by atoms with Crippen LogP contribution >= 0.6 is 0 Å². The Balaban J connectivity index is 0.000000707. The van der Waals surface area contributed by atoms with Gasteiger partial charge >= 0.3 is 18.1 Å². The number of hydrogen-bond donors (Lipinski definition) is 3. The molecule has 1 aliphatic rings. The highest BCUT2D eigenvalue weighted by Gasteiger charge is 2.39. The van der Waals surface area contributed by atoms with Gasteiger partial charge in [0.25, 0.3) is 5.91 Å². The number of benzene rings is 3. The molecule has 13 heteroatoms. The fourth-order valence-electron chi connectivity index (χ4n) is 4.57. The number of carboxylic acids is 2. The molecule has 45 heavy (non-hydrogen) atoms. The van der Waals surface area contributed by atoms with Crippen LogP contribution in [0.2, 0.25) is 0 Å². The summed E-state index contributed by atoms with van der Waals surface area (Å²) in [6.07, 6.45) is -2.56. The van der Waals surface area contributed by atoms with E-state index in [9.17, 15) is 32.7 Å². The number of nitrogens with two attached hydrogens (primary N) is 1. The van der Waals surface area contributed by atoms with Gasteiger partial charge in [-0.15, -0.1) is 0 Å². The molecule has 0 saturated heterocycles. The number of unbranched alkanes of at least 4 members (excludes halogenated alkanes) is 2. The average molecular weight is 630 g/mol. The van der Waals surface area contributed by atoms with E-state index in [1.165, 1.54) is 9.80 Å². The first-order chi connectivity index (χ1) is 21.4. The minimum Gasteiger partial charge on any atom is -0.481 e. The van der Waals surface area contributed by atoms with E-state index in [0.29, 0.717) is 23.5 Å². The van der Waals surface area contributed by atoms with Crippen molar-refractivity contribution < 1.29 is 47.3 Å². The number of carbonyl (C=O) groups is 4. The van der Waals surface area contributed by atoms with E-state index in [1.54, 1.807) is 6.07 Å². The van der Waals surface area contributed by atoms with Gasteiger partial charge in [0.15, 0.2) is 0 Å². The summed E-state index contributed by atoms with van der Waals surface area (Å²) in [5, 5.41) is 16.4. The van der Waals surface area contributed by atoms with Crippen LogP contribution in [-0.4, -0.2) is 64.7 Å². The Bertz CT molecular complexity index is 1450. The van der Waals surface area contributed by atoms with E-state index in [0.717, 1.165) is 36.8 Å². The van der Waals surface area contributed by atoms with Gasteiger partial charge in [0, 0.05) is 12.1 Å². The third-order valence-electron chi connectivity index (χ3n) is 6.75. The Kier molecular flexibility index (Phi) is 12.5. The highest BCUT2D eigenvalue weighted by molar-refractivity contribution is 6.10. The lowest BCUT2D eigenvalue weighted by Gasteiger charge is -2.32. The van der Waals surface area contributed by atoms with E-state index in [2.05, 4.69) is 0 Å². The van der Waals surface area contributed by atoms with Gasteiger partial charge < -0.3 is 25.6 Å². The quantitative estimate of drug-likeness (QED) is 0.236. The van der Waals surface area contributed by atoms with Crippen molar-refractivity contribution >= 4 is 29.4 Å². The molecule has 0 aromatic heterocycles. The summed E-state index contributed by atoms with van der Waals surface area (Å²) in [4.78, 5) is 50.5. The first-order valence-electron chi connectivity index (χ1n) is 14.1. The van der Waals surface area contributed by atoms with Crippen molar-refractivity contribution in [2.24, 2.45) is 5.73 Å². The number of carbonyl (C=O) groups excluding carboxylic acids is 2. The Morgan fingerprint density at radius 3 is 2.11 bits per heavy atom. The molecule has 0 bridgehead atoms. The van der Waals surface area contributed by atoms with Gasteiger partial charge in [-0.1, -0.05) is 61.0 Å². The van der Waals surface area contributed by atoms with E-state index >= 15 is 0 Å². The van der Waals surface area contributed by atoms with Gasteiger partial charge in [-0.05, 0) is 55.6 Å². The maximum atomic E-state index is 13.8. The molecular weight excluding hydrogens is 595 g/mol. The summed E-state index contributed by atoms with van der Waals surface area (Å²) in [7, 11) is 0. The lowest BCUT2D eigenvalue weighted by molar-refractivity contribution is -0.192. The molecule has 1 heterocycles. The first-order valence-corrected chi connectivity index (χ1v) is 14.1. The fraction of sp³-hybridized carbons (Fsp3) is 0.312. The summed E-state index contributed by atoms with van der Waals surface area (Å²) < 4.78 is 38.1. The molecule has 10 nitrogen and oxygen atoms in total. The first kappa shape index (κ1) is 34.6. The fourth-order valence-corrected chi connectivity index (χ4v) is 4.57. The van der Waals surface area contributed by atoms with Crippen LogP contribution in [0.1, 0.15) is 53.4 Å². The minimum absolute atomic E-state index is 0.0660. The van der Waals surface area contributed by atoms with E-state index < -0.39 is 24.3 Å². The van der Waals surface area contributed by atoms with Crippen LogP contribution in [0.4, 0.5) is 18.9 Å². The normalized spacial score (nSPS) is 13.7. The Labute approximate surface area is 257 Å². The standard InChI is InChI=1S/C30H33N3O5.C2HF3O2/c31-18-9-3-4-10-22-15-16-26-25(20-22)29(37)32(19-17-28(35)36)21-27(34)33(26)30(23-11-5-1-6-12-23)38-24-13-7-2-8-14-24;3-2(4,5)1(6)7/h1-2,5-8,11-16,20,30H,3-4,9-10,17-19,21,31H2,(H,35,36);(H,6,7). The topological polar surface area (TPSA) is 150 Å². The molecule has 0 spiro atoms. The van der Waals surface area contributed by atoms with E-state index in [1.807, 2.05) is 72.8 Å². The molecule has 4 rings (SSSR count). The molecular formula is C32H34F3N3O7. The smallest absolute Gasteiger partial charge is 0.481 e. The van der Waals surface area contributed by atoms with Gasteiger partial charge in [0.1, 0.15) is 12.3 Å². The maximum Gasteiger partial charge on any atom is 0.490 e. The second-order valence-electron chi connectivity index (χ2n) is 10.1. The molecule has 3 aromatic carbocycles. The number of fused-ring (bicyclic) bond motifs is 1. The van der Waals surface area contributed by atoms with Crippen LogP contribution in [0.15, 0.2) is 78.9 Å². The number of carboxylic acid groups (broad SMARTS) is 2. The molecule has 2 amide bonds. The summed E-state index contributed by atoms with van der Waals surface area (Å²) in [6, 6.07) is 24.1. The number of aryl methyl sites for hydroxylation is 1. The Morgan fingerprint density at radius 2 is 1.53 bits per heavy atom. The number of nitrogens with zero attached hydrogens (tertiary/aromatic N) is 2. The van der Waals surface area contributed by atoms with Gasteiger partial charge in [-0.25, -0.2) is 4.79 Å². The van der Waals surface area contributed by atoms with E-state index in [4.69, 9.17) is 20.4 Å². The number of anilines is 1. The van der Waals surface area contributed by atoms with Crippen molar-refractivity contribution in [2.45, 2.75) is 44.5 Å². The van der Waals surface area contributed by atoms with Crippen molar-refractivity contribution in [1.29, 1.82) is 0 Å². The van der Waals surface area contributed by atoms with Crippen LogP contribution < -0.4 is 15.4 Å². The molecule has 0 saturated carbocycles. The van der Waals surface area contributed by atoms with E-state index in [-0.39, 0.29) is 31.3 Å². The molecule has 0 fully saturated rings. The summed E-state index contributed by atoms with van der Waals surface area (Å²) in [6.45, 7) is 0.318. The van der Waals surface area contributed by atoms with Crippen molar-refractivity contribution in [2.75, 3.05) is 24.5 Å². The Hall–Kier alpha value is -4.91. The molecule has 1 unspecified atom stereocenters. The molecule has 1 aliphatic heterocycles. The zero-order chi connectivity index (χ0) is 33.0. The average Bonchev–Trinajstić information content (AvgIpc) is 3.11. The second-order valence-corrected chi connectivity index (χ2v) is 10.1. The zero-order valence-corrected chi connectivity index (χ0v) is 24.3. The number of ether oxygens (including phenoxy) is 1. The monoisotopic (exact) mass is 629 g/mol. The molecule has 1 atom stereocenters. The highest BCUT2D eigenvalue weighted by Crippen LogP contribution is 2.36. The van der Waals surface area contributed by atoms with Crippen molar-refractivity contribution in [3.8, 4) is 5.75 Å². The highest BCUT2D eigenvalue weighted by atomic mass is 19.4. The van der Waals surface area contributed by atoms with Crippen LogP contribution in [0.3, 0.4) is 0 Å². The number of alkyl halides is 3. The summed E-state index contributed by atoms with van der Waals surface area (Å²) in [5.41, 5.74) is 8.13. The number of amides is 2. The molecule has 240 valence electrons. The lowest BCUT2D eigenvalue weighted by atomic mass is 10.0.